The summed E-state index contributed by atoms with van der Waals surface area (Å²) in [4.78, 5) is 24.9. The number of aryl methyl sites for hydroxylation is 1. The lowest BCUT2D eigenvalue weighted by molar-refractivity contribution is -0.138. The number of carbonyl (C=O) groups excluding carboxylic acids is 1. The molecule has 174 valence electrons. The summed E-state index contributed by atoms with van der Waals surface area (Å²) < 4.78 is 12.4. The number of fused-ring (bicyclic) bond motifs is 2. The lowest BCUT2D eigenvalue weighted by atomic mass is 9.89. The second-order valence-electron chi connectivity index (χ2n) is 8.92. The third-order valence-electron chi connectivity index (χ3n) is 6.53. The molecule has 2 heterocycles. The van der Waals surface area contributed by atoms with Gasteiger partial charge in [0.25, 0.3) is 5.91 Å². The van der Waals surface area contributed by atoms with E-state index in [1.807, 2.05) is 36.4 Å². The summed E-state index contributed by atoms with van der Waals surface area (Å²) in [7, 11) is 0. The highest BCUT2D eigenvalue weighted by Crippen LogP contribution is 2.42. The highest BCUT2D eigenvalue weighted by Gasteiger charge is 2.41. The van der Waals surface area contributed by atoms with E-state index >= 15 is 0 Å². The topological polar surface area (TPSA) is 84.9 Å². The van der Waals surface area contributed by atoms with Crippen molar-refractivity contribution in [1.29, 1.82) is 0 Å². The summed E-state index contributed by atoms with van der Waals surface area (Å²) in [5, 5.41) is 13.2. The van der Waals surface area contributed by atoms with Crippen LogP contribution >= 0.6 is 11.6 Å². The first-order valence-corrected chi connectivity index (χ1v) is 11.6. The molecule has 0 aromatic heterocycles. The highest BCUT2D eigenvalue weighted by molar-refractivity contribution is 6.30. The third-order valence-corrected chi connectivity index (χ3v) is 6.77. The monoisotopic (exact) mass is 477 g/mol. The van der Waals surface area contributed by atoms with Gasteiger partial charge in [-0.05, 0) is 60.9 Å². The number of halogens is 1. The first kappa shape index (κ1) is 22.3. The molecule has 0 spiro atoms. The zero-order valence-electron chi connectivity index (χ0n) is 18.6. The molecule has 3 aromatic carbocycles. The van der Waals surface area contributed by atoms with Crippen molar-refractivity contribution in [3.63, 3.8) is 0 Å². The van der Waals surface area contributed by atoms with E-state index in [4.69, 9.17) is 21.1 Å². The summed E-state index contributed by atoms with van der Waals surface area (Å²) in [5.41, 5.74) is 1.80. The van der Waals surface area contributed by atoms with E-state index in [1.54, 1.807) is 37.3 Å². The average Bonchev–Trinajstić information content (AvgIpc) is 2.84. The normalized spacial score (nSPS) is 23.0. The highest BCUT2D eigenvalue weighted by atomic mass is 35.5. The molecule has 0 saturated heterocycles. The molecule has 34 heavy (non-hydrogen) atoms. The fourth-order valence-electron chi connectivity index (χ4n) is 4.61. The molecule has 2 N–H and O–H groups in total. The summed E-state index contributed by atoms with van der Waals surface area (Å²) >= 11 is 6.10. The van der Waals surface area contributed by atoms with Gasteiger partial charge in [-0.15, -0.1) is 0 Å². The van der Waals surface area contributed by atoms with Crippen LogP contribution in [0.3, 0.4) is 0 Å². The Morgan fingerprint density at radius 1 is 1.06 bits per heavy atom. The minimum Gasteiger partial charge on any atom is -0.485 e. The first-order valence-electron chi connectivity index (χ1n) is 11.2. The van der Waals surface area contributed by atoms with Gasteiger partial charge in [-0.25, -0.2) is 4.79 Å². The molecule has 3 atom stereocenters. The van der Waals surface area contributed by atoms with Gasteiger partial charge in [-0.3, -0.25) is 4.79 Å². The van der Waals surface area contributed by atoms with Gasteiger partial charge >= 0.3 is 5.97 Å². The summed E-state index contributed by atoms with van der Waals surface area (Å²) in [6.07, 6.45) is 1.28. The van der Waals surface area contributed by atoms with Gasteiger partial charge in [0.05, 0.1) is 11.6 Å². The largest absolute Gasteiger partial charge is 0.485 e. The van der Waals surface area contributed by atoms with Gasteiger partial charge in [0.1, 0.15) is 17.6 Å². The van der Waals surface area contributed by atoms with Crippen molar-refractivity contribution < 1.29 is 24.2 Å². The van der Waals surface area contributed by atoms with E-state index in [-0.39, 0.29) is 17.5 Å². The summed E-state index contributed by atoms with van der Waals surface area (Å²) in [5.74, 6) is 0.142. The fourth-order valence-corrected chi connectivity index (χ4v) is 4.81. The van der Waals surface area contributed by atoms with Crippen LogP contribution in [0.2, 0.25) is 5.02 Å². The van der Waals surface area contributed by atoms with Crippen LogP contribution < -0.4 is 14.8 Å². The average molecular weight is 478 g/mol. The maximum absolute atomic E-state index is 13.5. The molecular weight excluding hydrogens is 454 g/mol. The molecule has 7 heteroatoms. The number of nitrogens with one attached hydrogen (secondary N) is 1. The van der Waals surface area contributed by atoms with Crippen LogP contribution in [-0.4, -0.2) is 22.6 Å². The number of para-hydroxylation sites is 1. The number of hydrogen-bond donors (Lipinski definition) is 2. The SMILES string of the molecule is C[C@@]1(C(=O)N[C@@H]2C[C@H](c3cccc(C(=O)O)c3)Oc3ccccc32)CCc2cc(Cl)ccc2O1. The van der Waals surface area contributed by atoms with E-state index < -0.39 is 17.7 Å². The standard InChI is InChI=1S/C27H24ClNO5/c1-27(12-11-17-14-19(28)9-10-22(17)34-27)26(32)29-21-15-24(33-23-8-3-2-7-20(21)23)16-5-4-6-18(13-16)25(30)31/h2-10,13-14,21,24H,11-12,15H2,1H3,(H,29,32)(H,30,31)/t21-,24-,27+/m1/s1. The molecular formula is C27H24ClNO5. The van der Waals surface area contributed by atoms with Gasteiger partial charge < -0.3 is 19.9 Å². The number of rotatable bonds is 4. The van der Waals surface area contributed by atoms with Crippen molar-refractivity contribution in [3.8, 4) is 11.5 Å². The molecule has 2 aliphatic heterocycles. The molecule has 0 unspecified atom stereocenters. The van der Waals surface area contributed by atoms with Crippen LogP contribution in [0.25, 0.3) is 0 Å². The Morgan fingerprint density at radius 2 is 1.88 bits per heavy atom. The molecule has 0 saturated carbocycles. The Hall–Kier alpha value is -3.51. The quantitative estimate of drug-likeness (QED) is 0.518. The van der Waals surface area contributed by atoms with Crippen LogP contribution in [0.4, 0.5) is 0 Å². The first-order chi connectivity index (χ1) is 16.3. The van der Waals surface area contributed by atoms with E-state index in [9.17, 15) is 14.7 Å². The molecule has 0 aliphatic carbocycles. The van der Waals surface area contributed by atoms with Crippen LogP contribution in [-0.2, 0) is 11.2 Å². The Balaban J connectivity index is 1.40. The van der Waals surface area contributed by atoms with Crippen LogP contribution in [0.15, 0.2) is 66.7 Å². The van der Waals surface area contributed by atoms with Crippen molar-refractivity contribution in [3.05, 3.63) is 94.0 Å². The number of amides is 1. The van der Waals surface area contributed by atoms with Crippen molar-refractivity contribution in [2.75, 3.05) is 0 Å². The van der Waals surface area contributed by atoms with Crippen molar-refractivity contribution in [2.24, 2.45) is 0 Å². The molecule has 2 aliphatic rings. The zero-order valence-corrected chi connectivity index (χ0v) is 19.3. The fraction of sp³-hybridized carbons (Fsp3) is 0.259. The van der Waals surface area contributed by atoms with Crippen LogP contribution in [0, 0.1) is 0 Å². The number of aromatic carboxylic acids is 1. The Labute approximate surface area is 202 Å². The molecule has 3 aromatic rings. The van der Waals surface area contributed by atoms with E-state index in [2.05, 4.69) is 5.32 Å². The minimum atomic E-state index is -1.02. The summed E-state index contributed by atoms with van der Waals surface area (Å²) in [6.45, 7) is 1.80. The van der Waals surface area contributed by atoms with E-state index in [0.29, 0.717) is 35.8 Å². The predicted octanol–water partition coefficient (Wildman–Crippen LogP) is 5.50. The Kier molecular flexibility index (Phi) is 5.70. The number of carboxylic acids is 1. The summed E-state index contributed by atoms with van der Waals surface area (Å²) in [6, 6.07) is 19.4. The van der Waals surface area contributed by atoms with Gasteiger partial charge in [-0.1, -0.05) is 41.9 Å². The van der Waals surface area contributed by atoms with Gasteiger partial charge in [-0.2, -0.15) is 0 Å². The predicted molar refractivity (Wildman–Crippen MR) is 128 cm³/mol. The molecule has 1 amide bonds. The van der Waals surface area contributed by atoms with Crippen molar-refractivity contribution >= 4 is 23.5 Å². The van der Waals surface area contributed by atoms with Crippen molar-refractivity contribution in [2.45, 2.75) is 43.9 Å². The molecule has 0 fully saturated rings. The number of hydrogen-bond acceptors (Lipinski definition) is 4. The van der Waals surface area contributed by atoms with Crippen LogP contribution in [0.5, 0.6) is 11.5 Å². The maximum Gasteiger partial charge on any atom is 0.335 e. The van der Waals surface area contributed by atoms with Gasteiger partial charge in [0, 0.05) is 23.4 Å². The smallest absolute Gasteiger partial charge is 0.335 e. The second-order valence-corrected chi connectivity index (χ2v) is 9.36. The van der Waals surface area contributed by atoms with E-state index in [0.717, 1.165) is 16.7 Å². The lowest BCUT2D eigenvalue weighted by Crippen LogP contribution is -2.52. The van der Waals surface area contributed by atoms with Gasteiger partial charge in [0.2, 0.25) is 0 Å². The van der Waals surface area contributed by atoms with Crippen LogP contribution in [0.1, 0.15) is 59.0 Å². The third kappa shape index (κ3) is 4.21. The van der Waals surface area contributed by atoms with Crippen molar-refractivity contribution in [1.82, 2.24) is 5.32 Å². The molecule has 6 nitrogen and oxygen atoms in total. The number of carbonyl (C=O) groups is 2. The molecule has 5 rings (SSSR count). The lowest BCUT2D eigenvalue weighted by Gasteiger charge is -2.38. The number of benzene rings is 3. The second kappa shape index (κ2) is 8.69. The van der Waals surface area contributed by atoms with Gasteiger partial charge in [0.15, 0.2) is 5.60 Å². The molecule has 0 radical (unpaired) electrons. The maximum atomic E-state index is 13.5. The Bertz CT molecular complexity index is 1280. The molecule has 0 bridgehead atoms. The Morgan fingerprint density at radius 3 is 2.71 bits per heavy atom. The zero-order chi connectivity index (χ0) is 23.9. The number of ether oxygens (including phenoxy) is 2. The number of carboxylic acid groups (broad SMARTS) is 1. The minimum absolute atomic E-state index is 0.197. The van der Waals surface area contributed by atoms with E-state index in [1.165, 1.54) is 0 Å².